The van der Waals surface area contributed by atoms with Crippen LogP contribution in [0.25, 0.3) is 0 Å². The van der Waals surface area contributed by atoms with E-state index < -0.39 is 0 Å². The predicted octanol–water partition coefficient (Wildman–Crippen LogP) is 1.84. The number of nitrogens with zero attached hydrogens (tertiary/aromatic N) is 3. The van der Waals surface area contributed by atoms with E-state index in [1.807, 2.05) is 24.6 Å². The summed E-state index contributed by atoms with van der Waals surface area (Å²) in [6.07, 6.45) is 7.84. The Morgan fingerprint density at radius 3 is 2.68 bits per heavy atom. The highest BCUT2D eigenvalue weighted by atomic mass is 16.3. The van der Waals surface area contributed by atoms with Gasteiger partial charge in [-0.05, 0) is 20.3 Å². The summed E-state index contributed by atoms with van der Waals surface area (Å²) >= 11 is 0. The van der Waals surface area contributed by atoms with E-state index in [0.29, 0.717) is 13.0 Å². The molecule has 0 aliphatic carbocycles. The molecule has 0 spiro atoms. The maximum Gasteiger partial charge on any atom is 0.224 e. The van der Waals surface area contributed by atoms with Gasteiger partial charge in [0.25, 0.3) is 0 Å². The highest BCUT2D eigenvalue weighted by molar-refractivity contribution is 5.77. The van der Waals surface area contributed by atoms with Gasteiger partial charge in [0, 0.05) is 37.4 Å². The zero-order valence-electron chi connectivity index (χ0n) is 12.1. The third-order valence-electron chi connectivity index (χ3n) is 3.26. The van der Waals surface area contributed by atoms with Gasteiger partial charge in [0.05, 0.1) is 12.9 Å². The van der Waals surface area contributed by atoms with Crippen molar-refractivity contribution in [2.45, 2.75) is 52.1 Å². The molecule has 0 radical (unpaired) electrons. The summed E-state index contributed by atoms with van der Waals surface area (Å²) in [7, 11) is 0. The first-order valence-corrected chi connectivity index (χ1v) is 6.97. The lowest BCUT2D eigenvalue weighted by molar-refractivity contribution is -0.134. The summed E-state index contributed by atoms with van der Waals surface area (Å²) in [6.45, 7) is 6.47. The zero-order valence-corrected chi connectivity index (χ0v) is 12.1. The Labute approximate surface area is 115 Å². The van der Waals surface area contributed by atoms with Crippen LogP contribution in [0.3, 0.4) is 0 Å². The Balaban J connectivity index is 2.70. The van der Waals surface area contributed by atoms with Gasteiger partial charge in [-0.25, -0.2) is 4.98 Å². The van der Waals surface area contributed by atoms with E-state index in [0.717, 1.165) is 12.8 Å². The third-order valence-corrected chi connectivity index (χ3v) is 3.26. The van der Waals surface area contributed by atoms with E-state index in [4.69, 9.17) is 5.11 Å². The molecule has 5 heteroatoms. The fourth-order valence-corrected chi connectivity index (χ4v) is 2.27. The van der Waals surface area contributed by atoms with Gasteiger partial charge in [-0.2, -0.15) is 0 Å². The average molecular weight is 267 g/mol. The van der Waals surface area contributed by atoms with Crippen molar-refractivity contribution in [3.8, 4) is 0 Å². The van der Waals surface area contributed by atoms with Crippen molar-refractivity contribution in [1.82, 2.24) is 14.5 Å². The minimum absolute atomic E-state index is 0.00738. The minimum Gasteiger partial charge on any atom is -0.395 e. The SMILES string of the molecule is CCCC(CC(=O)N(CCO)C(C)C)n1ccnc1. The van der Waals surface area contributed by atoms with Crippen molar-refractivity contribution in [2.24, 2.45) is 0 Å². The lowest BCUT2D eigenvalue weighted by Crippen LogP contribution is -2.40. The Morgan fingerprint density at radius 2 is 2.21 bits per heavy atom. The van der Waals surface area contributed by atoms with Crippen LogP contribution in [0, 0.1) is 0 Å². The largest absolute Gasteiger partial charge is 0.395 e. The molecule has 1 N–H and O–H groups in total. The number of carbonyl (C=O) groups excluding carboxylic acids is 1. The van der Waals surface area contributed by atoms with Crippen LogP contribution in [0.4, 0.5) is 0 Å². The number of aromatic nitrogens is 2. The van der Waals surface area contributed by atoms with Crippen molar-refractivity contribution in [1.29, 1.82) is 0 Å². The average Bonchev–Trinajstić information content (AvgIpc) is 2.88. The van der Waals surface area contributed by atoms with Crippen molar-refractivity contribution in [3.05, 3.63) is 18.7 Å². The molecular weight excluding hydrogens is 242 g/mol. The smallest absolute Gasteiger partial charge is 0.224 e. The highest BCUT2D eigenvalue weighted by Gasteiger charge is 2.21. The number of imidazole rings is 1. The van der Waals surface area contributed by atoms with Gasteiger partial charge in [0.1, 0.15) is 0 Å². The maximum atomic E-state index is 12.3. The molecule has 1 rings (SSSR count). The summed E-state index contributed by atoms with van der Waals surface area (Å²) in [5.74, 6) is 0.0937. The number of carbonyl (C=O) groups is 1. The molecule has 1 atom stereocenters. The van der Waals surface area contributed by atoms with E-state index >= 15 is 0 Å². The molecule has 0 saturated carbocycles. The first kappa shape index (κ1) is 15.7. The van der Waals surface area contributed by atoms with Gasteiger partial charge in [0.2, 0.25) is 5.91 Å². The molecule has 0 saturated heterocycles. The van der Waals surface area contributed by atoms with Crippen molar-refractivity contribution >= 4 is 5.91 Å². The number of aliphatic hydroxyl groups excluding tert-OH is 1. The summed E-state index contributed by atoms with van der Waals surface area (Å²) in [5.41, 5.74) is 0. The van der Waals surface area contributed by atoms with E-state index in [-0.39, 0.29) is 24.6 Å². The van der Waals surface area contributed by atoms with E-state index in [9.17, 15) is 4.79 Å². The quantitative estimate of drug-likeness (QED) is 0.782. The Hall–Kier alpha value is -1.36. The fourth-order valence-electron chi connectivity index (χ4n) is 2.27. The first-order valence-electron chi connectivity index (χ1n) is 6.97. The lowest BCUT2D eigenvalue weighted by Gasteiger charge is -2.28. The van der Waals surface area contributed by atoms with Crippen LogP contribution < -0.4 is 0 Å². The fraction of sp³-hybridized carbons (Fsp3) is 0.714. The van der Waals surface area contributed by atoms with Gasteiger partial charge in [0.15, 0.2) is 0 Å². The monoisotopic (exact) mass is 267 g/mol. The van der Waals surface area contributed by atoms with Gasteiger partial charge < -0.3 is 14.6 Å². The molecule has 0 aliphatic rings. The molecular formula is C14H25N3O2. The van der Waals surface area contributed by atoms with Gasteiger partial charge >= 0.3 is 0 Å². The standard InChI is InChI=1S/C14H25N3O2/c1-4-5-13(16-7-6-15-11-16)10-14(19)17(8-9-18)12(2)3/h6-7,11-13,18H,4-5,8-10H2,1-3H3. The number of amides is 1. The second kappa shape index (κ2) is 7.94. The Morgan fingerprint density at radius 1 is 1.47 bits per heavy atom. The third kappa shape index (κ3) is 4.67. The normalized spacial score (nSPS) is 12.7. The molecule has 1 amide bonds. The lowest BCUT2D eigenvalue weighted by atomic mass is 10.1. The van der Waals surface area contributed by atoms with Crippen LogP contribution >= 0.6 is 0 Å². The van der Waals surface area contributed by atoms with E-state index in [1.165, 1.54) is 0 Å². The molecule has 5 nitrogen and oxygen atoms in total. The van der Waals surface area contributed by atoms with Crippen molar-refractivity contribution < 1.29 is 9.90 Å². The second-order valence-electron chi connectivity index (χ2n) is 5.06. The van der Waals surface area contributed by atoms with Crippen LogP contribution in [0.1, 0.15) is 46.1 Å². The number of hydrogen-bond acceptors (Lipinski definition) is 3. The number of aliphatic hydroxyl groups is 1. The molecule has 0 fully saturated rings. The van der Waals surface area contributed by atoms with E-state index in [1.54, 1.807) is 17.4 Å². The van der Waals surface area contributed by atoms with Crippen molar-refractivity contribution in [2.75, 3.05) is 13.2 Å². The van der Waals surface area contributed by atoms with Crippen LogP contribution in [0.2, 0.25) is 0 Å². The zero-order chi connectivity index (χ0) is 14.3. The molecule has 108 valence electrons. The van der Waals surface area contributed by atoms with Gasteiger partial charge in [-0.3, -0.25) is 4.79 Å². The Bertz CT molecular complexity index is 363. The molecule has 0 bridgehead atoms. The van der Waals surface area contributed by atoms with Crippen LogP contribution in [-0.4, -0.2) is 44.7 Å². The summed E-state index contributed by atoms with van der Waals surface area (Å²) in [4.78, 5) is 18.1. The van der Waals surface area contributed by atoms with Crippen LogP contribution in [-0.2, 0) is 4.79 Å². The number of rotatable bonds is 8. The summed E-state index contributed by atoms with van der Waals surface area (Å²) in [5, 5.41) is 9.05. The second-order valence-corrected chi connectivity index (χ2v) is 5.06. The molecule has 1 aromatic heterocycles. The highest BCUT2D eigenvalue weighted by Crippen LogP contribution is 2.19. The molecule has 0 aromatic carbocycles. The first-order chi connectivity index (χ1) is 9.10. The molecule has 1 heterocycles. The van der Waals surface area contributed by atoms with Crippen LogP contribution in [0.15, 0.2) is 18.7 Å². The van der Waals surface area contributed by atoms with Gasteiger partial charge in [-0.1, -0.05) is 13.3 Å². The predicted molar refractivity (Wildman–Crippen MR) is 74.7 cm³/mol. The summed E-state index contributed by atoms with van der Waals surface area (Å²) in [6, 6.07) is 0.268. The van der Waals surface area contributed by atoms with Crippen molar-refractivity contribution in [3.63, 3.8) is 0 Å². The minimum atomic E-state index is 0.00738. The van der Waals surface area contributed by atoms with Crippen LogP contribution in [0.5, 0.6) is 0 Å². The Kier molecular flexibility index (Phi) is 6.56. The topological polar surface area (TPSA) is 58.4 Å². The number of hydrogen-bond donors (Lipinski definition) is 1. The van der Waals surface area contributed by atoms with E-state index in [2.05, 4.69) is 11.9 Å². The summed E-state index contributed by atoms with van der Waals surface area (Å²) < 4.78 is 2.00. The molecule has 19 heavy (non-hydrogen) atoms. The van der Waals surface area contributed by atoms with Gasteiger partial charge in [-0.15, -0.1) is 0 Å². The molecule has 1 unspecified atom stereocenters. The molecule has 0 aliphatic heterocycles. The maximum absolute atomic E-state index is 12.3. The molecule has 1 aromatic rings.